The monoisotopic (exact) mass is 328 g/mol. The van der Waals surface area contributed by atoms with Crippen molar-refractivity contribution in [1.29, 1.82) is 0 Å². The van der Waals surface area contributed by atoms with Gasteiger partial charge in [-0.05, 0) is 37.2 Å². The number of likely N-dealkylation sites (N-methyl/N-ethyl adjacent to an activating group) is 1. The SMILES string of the molecule is CCN(CC)CCNC(CO)c1ccc(Br)c(C)c1. The highest BCUT2D eigenvalue weighted by Crippen LogP contribution is 2.21. The number of nitrogens with zero attached hydrogens (tertiary/aromatic N) is 1. The Morgan fingerprint density at radius 2 is 2.00 bits per heavy atom. The molecule has 0 aromatic heterocycles. The Bertz CT molecular complexity index is 380. The van der Waals surface area contributed by atoms with Crippen LogP contribution in [0.15, 0.2) is 22.7 Å². The van der Waals surface area contributed by atoms with E-state index in [4.69, 9.17) is 0 Å². The third kappa shape index (κ3) is 5.22. The summed E-state index contributed by atoms with van der Waals surface area (Å²) in [4.78, 5) is 2.37. The van der Waals surface area contributed by atoms with E-state index in [0.29, 0.717) is 0 Å². The maximum atomic E-state index is 9.53. The van der Waals surface area contributed by atoms with Crippen LogP contribution in [-0.2, 0) is 0 Å². The lowest BCUT2D eigenvalue weighted by Crippen LogP contribution is -2.34. The second-order valence-corrected chi connectivity index (χ2v) is 5.58. The van der Waals surface area contributed by atoms with Crippen LogP contribution in [0.25, 0.3) is 0 Å². The van der Waals surface area contributed by atoms with Gasteiger partial charge in [0.25, 0.3) is 0 Å². The molecule has 0 radical (unpaired) electrons. The standard InChI is InChI=1S/C15H25BrN2O/c1-4-18(5-2)9-8-17-15(11-19)13-6-7-14(16)12(3)10-13/h6-7,10,15,17,19H,4-5,8-9,11H2,1-3H3. The number of hydrogen-bond donors (Lipinski definition) is 2. The molecule has 1 unspecified atom stereocenters. The van der Waals surface area contributed by atoms with E-state index in [1.54, 1.807) is 0 Å². The fourth-order valence-electron chi connectivity index (χ4n) is 2.11. The number of halogens is 1. The highest BCUT2D eigenvalue weighted by Gasteiger charge is 2.11. The summed E-state index contributed by atoms with van der Waals surface area (Å²) in [7, 11) is 0. The largest absolute Gasteiger partial charge is 0.394 e. The lowest BCUT2D eigenvalue weighted by Gasteiger charge is -2.22. The number of aryl methyl sites for hydroxylation is 1. The molecule has 0 aliphatic rings. The van der Waals surface area contributed by atoms with E-state index in [1.807, 2.05) is 6.07 Å². The summed E-state index contributed by atoms with van der Waals surface area (Å²) in [5, 5.41) is 13.0. The highest BCUT2D eigenvalue weighted by atomic mass is 79.9. The van der Waals surface area contributed by atoms with Gasteiger partial charge in [0.15, 0.2) is 0 Å². The molecule has 108 valence electrons. The summed E-state index contributed by atoms with van der Waals surface area (Å²) in [5.74, 6) is 0. The zero-order valence-corrected chi connectivity index (χ0v) is 13.7. The lowest BCUT2D eigenvalue weighted by molar-refractivity contribution is 0.233. The molecule has 19 heavy (non-hydrogen) atoms. The van der Waals surface area contributed by atoms with Crippen molar-refractivity contribution in [2.45, 2.75) is 26.8 Å². The topological polar surface area (TPSA) is 35.5 Å². The van der Waals surface area contributed by atoms with Crippen LogP contribution in [0.4, 0.5) is 0 Å². The average Bonchev–Trinajstić information content (AvgIpc) is 2.42. The van der Waals surface area contributed by atoms with E-state index in [2.05, 4.69) is 59.1 Å². The van der Waals surface area contributed by atoms with E-state index < -0.39 is 0 Å². The van der Waals surface area contributed by atoms with Gasteiger partial charge in [-0.25, -0.2) is 0 Å². The molecular weight excluding hydrogens is 304 g/mol. The maximum absolute atomic E-state index is 9.53. The third-order valence-corrected chi connectivity index (χ3v) is 4.37. The molecule has 0 aliphatic carbocycles. The van der Waals surface area contributed by atoms with E-state index in [-0.39, 0.29) is 12.6 Å². The minimum absolute atomic E-state index is 0.0161. The average molecular weight is 329 g/mol. The molecule has 4 heteroatoms. The molecule has 1 aromatic carbocycles. The number of benzene rings is 1. The molecule has 0 spiro atoms. The Balaban J connectivity index is 2.55. The summed E-state index contributed by atoms with van der Waals surface area (Å²) in [6.07, 6.45) is 0. The summed E-state index contributed by atoms with van der Waals surface area (Å²) < 4.78 is 1.11. The van der Waals surface area contributed by atoms with Gasteiger partial charge in [-0.3, -0.25) is 0 Å². The molecule has 1 aromatic rings. The van der Waals surface area contributed by atoms with Crippen LogP contribution in [0.2, 0.25) is 0 Å². The molecular formula is C15H25BrN2O. The fourth-order valence-corrected chi connectivity index (χ4v) is 2.36. The Labute approximate surface area is 125 Å². The van der Waals surface area contributed by atoms with Crippen LogP contribution in [0, 0.1) is 6.92 Å². The zero-order chi connectivity index (χ0) is 14.3. The van der Waals surface area contributed by atoms with Crippen LogP contribution < -0.4 is 5.32 Å². The van der Waals surface area contributed by atoms with Crippen LogP contribution in [0.1, 0.15) is 31.0 Å². The Morgan fingerprint density at radius 3 is 2.53 bits per heavy atom. The number of rotatable bonds is 8. The number of hydrogen-bond acceptors (Lipinski definition) is 3. The van der Waals surface area contributed by atoms with Gasteiger partial charge in [0.05, 0.1) is 12.6 Å². The number of aliphatic hydroxyl groups excluding tert-OH is 1. The molecule has 0 fully saturated rings. The van der Waals surface area contributed by atoms with Gasteiger partial charge in [0, 0.05) is 17.6 Å². The first-order valence-corrected chi connectivity index (χ1v) is 7.74. The molecule has 3 nitrogen and oxygen atoms in total. The van der Waals surface area contributed by atoms with Crippen LogP contribution >= 0.6 is 15.9 Å². The second-order valence-electron chi connectivity index (χ2n) is 4.72. The van der Waals surface area contributed by atoms with Crippen LogP contribution in [-0.4, -0.2) is 42.8 Å². The van der Waals surface area contributed by atoms with Crippen molar-refractivity contribution < 1.29 is 5.11 Å². The quantitative estimate of drug-likeness (QED) is 0.770. The van der Waals surface area contributed by atoms with Crippen LogP contribution in [0.3, 0.4) is 0 Å². The van der Waals surface area contributed by atoms with Gasteiger partial charge in [0.1, 0.15) is 0 Å². The van der Waals surface area contributed by atoms with E-state index in [1.165, 1.54) is 5.56 Å². The number of aliphatic hydroxyl groups is 1. The molecule has 0 amide bonds. The first-order valence-electron chi connectivity index (χ1n) is 6.95. The Kier molecular flexibility index (Phi) is 7.61. The van der Waals surface area contributed by atoms with Crippen molar-refractivity contribution in [2.75, 3.05) is 32.8 Å². The molecule has 0 saturated carbocycles. The molecule has 0 bridgehead atoms. The smallest absolute Gasteiger partial charge is 0.0626 e. The lowest BCUT2D eigenvalue weighted by atomic mass is 10.1. The summed E-state index contributed by atoms with van der Waals surface area (Å²) in [5.41, 5.74) is 2.34. The summed E-state index contributed by atoms with van der Waals surface area (Å²) >= 11 is 3.50. The van der Waals surface area contributed by atoms with Crippen molar-refractivity contribution in [1.82, 2.24) is 10.2 Å². The summed E-state index contributed by atoms with van der Waals surface area (Å²) in [6, 6.07) is 6.24. The molecule has 2 N–H and O–H groups in total. The predicted octanol–water partition coefficient (Wildman–Crippen LogP) is 2.72. The Morgan fingerprint density at radius 1 is 1.32 bits per heavy atom. The second kappa shape index (κ2) is 8.69. The van der Waals surface area contributed by atoms with Crippen LogP contribution in [0.5, 0.6) is 0 Å². The van der Waals surface area contributed by atoms with E-state index in [0.717, 1.165) is 36.2 Å². The van der Waals surface area contributed by atoms with Crippen molar-refractivity contribution in [3.05, 3.63) is 33.8 Å². The highest BCUT2D eigenvalue weighted by molar-refractivity contribution is 9.10. The molecule has 1 atom stereocenters. The van der Waals surface area contributed by atoms with Crippen molar-refractivity contribution in [3.63, 3.8) is 0 Å². The molecule has 0 aliphatic heterocycles. The van der Waals surface area contributed by atoms with Crippen molar-refractivity contribution in [2.24, 2.45) is 0 Å². The first kappa shape index (κ1) is 16.6. The fraction of sp³-hybridized carbons (Fsp3) is 0.600. The minimum Gasteiger partial charge on any atom is -0.394 e. The van der Waals surface area contributed by atoms with Crippen molar-refractivity contribution >= 4 is 15.9 Å². The van der Waals surface area contributed by atoms with Gasteiger partial charge in [0.2, 0.25) is 0 Å². The minimum atomic E-state index is 0.0161. The van der Waals surface area contributed by atoms with Gasteiger partial charge in [-0.15, -0.1) is 0 Å². The van der Waals surface area contributed by atoms with Gasteiger partial charge in [-0.2, -0.15) is 0 Å². The Hall–Kier alpha value is -0.420. The summed E-state index contributed by atoms with van der Waals surface area (Å²) in [6.45, 7) is 10.6. The normalized spacial score (nSPS) is 12.9. The third-order valence-electron chi connectivity index (χ3n) is 3.48. The first-order chi connectivity index (χ1) is 9.12. The van der Waals surface area contributed by atoms with E-state index in [9.17, 15) is 5.11 Å². The molecule has 0 saturated heterocycles. The van der Waals surface area contributed by atoms with E-state index >= 15 is 0 Å². The molecule has 0 heterocycles. The van der Waals surface area contributed by atoms with Crippen molar-refractivity contribution in [3.8, 4) is 0 Å². The zero-order valence-electron chi connectivity index (χ0n) is 12.1. The predicted molar refractivity (Wildman–Crippen MR) is 84.5 cm³/mol. The molecule has 1 rings (SSSR count). The van der Waals surface area contributed by atoms with Gasteiger partial charge >= 0.3 is 0 Å². The number of nitrogens with one attached hydrogen (secondary N) is 1. The maximum Gasteiger partial charge on any atom is 0.0626 e. The van der Waals surface area contributed by atoms with Gasteiger partial charge in [-0.1, -0.05) is 41.9 Å². The van der Waals surface area contributed by atoms with Gasteiger partial charge < -0.3 is 15.3 Å².